The molecular formula is C20H14ClF3N4O2. The first-order valence-electron chi connectivity index (χ1n) is 8.76. The van der Waals surface area contributed by atoms with E-state index in [1.54, 1.807) is 4.68 Å². The summed E-state index contributed by atoms with van der Waals surface area (Å²) in [6.45, 7) is 2.45. The summed E-state index contributed by atoms with van der Waals surface area (Å²) in [5.41, 5.74) is 2.91. The Balaban J connectivity index is 1.52. The molecule has 4 aromatic rings. The summed E-state index contributed by atoms with van der Waals surface area (Å²) in [5, 5.41) is 9.05. The van der Waals surface area contributed by atoms with Crippen LogP contribution in [0.15, 0.2) is 59.1 Å². The second-order valence-electron chi connectivity index (χ2n) is 6.45. The minimum absolute atomic E-state index is 0.207. The number of ether oxygens (including phenoxy) is 1. The summed E-state index contributed by atoms with van der Waals surface area (Å²) >= 11 is 5.91. The second-order valence-corrected chi connectivity index (χ2v) is 6.89. The predicted molar refractivity (Wildman–Crippen MR) is 103 cm³/mol. The molecule has 30 heavy (non-hydrogen) atoms. The van der Waals surface area contributed by atoms with Crippen LogP contribution in [0.5, 0.6) is 5.75 Å². The molecule has 10 heteroatoms. The molecule has 0 bridgehead atoms. The van der Waals surface area contributed by atoms with E-state index in [-0.39, 0.29) is 17.5 Å². The lowest BCUT2D eigenvalue weighted by molar-refractivity contribution is -0.274. The molecule has 0 spiro atoms. The molecule has 0 aliphatic carbocycles. The van der Waals surface area contributed by atoms with E-state index in [4.69, 9.17) is 16.1 Å². The van der Waals surface area contributed by atoms with Crippen LogP contribution >= 0.6 is 11.6 Å². The molecule has 6 nitrogen and oxygen atoms in total. The standard InChI is InChI=1S/C20H14ClF3N4O2/c1-12-10-17(26-28(12)11-13-2-6-15(21)7-3-13)19-25-18(27-30-19)14-4-8-16(9-5-14)29-20(22,23)24/h2-10H,11H2,1H3. The van der Waals surface area contributed by atoms with Crippen molar-refractivity contribution in [2.45, 2.75) is 19.8 Å². The fourth-order valence-electron chi connectivity index (χ4n) is 2.79. The predicted octanol–water partition coefficient (Wildman–Crippen LogP) is 5.51. The largest absolute Gasteiger partial charge is 0.573 e. The maximum Gasteiger partial charge on any atom is 0.573 e. The Bertz CT molecular complexity index is 1150. The number of benzene rings is 2. The average molecular weight is 435 g/mol. The SMILES string of the molecule is Cc1cc(-c2nc(-c3ccc(OC(F)(F)F)cc3)no2)nn1Cc1ccc(Cl)cc1. The number of hydrogen-bond acceptors (Lipinski definition) is 5. The first-order chi connectivity index (χ1) is 14.3. The Morgan fingerprint density at radius 1 is 1.07 bits per heavy atom. The monoisotopic (exact) mass is 434 g/mol. The van der Waals surface area contributed by atoms with Crippen molar-refractivity contribution in [3.05, 3.63) is 70.9 Å². The van der Waals surface area contributed by atoms with Gasteiger partial charge in [0.1, 0.15) is 5.75 Å². The highest BCUT2D eigenvalue weighted by molar-refractivity contribution is 6.30. The molecule has 0 N–H and O–H groups in total. The Labute approximate surface area is 173 Å². The molecule has 154 valence electrons. The van der Waals surface area contributed by atoms with Crippen molar-refractivity contribution in [3.8, 4) is 28.7 Å². The molecule has 0 saturated carbocycles. The molecule has 4 rings (SSSR count). The topological polar surface area (TPSA) is 66.0 Å². The van der Waals surface area contributed by atoms with Gasteiger partial charge in [-0.1, -0.05) is 28.9 Å². The zero-order chi connectivity index (χ0) is 21.3. The quantitative estimate of drug-likeness (QED) is 0.414. The van der Waals surface area contributed by atoms with Crippen LogP contribution in [-0.2, 0) is 6.54 Å². The molecule has 0 radical (unpaired) electrons. The van der Waals surface area contributed by atoms with Crippen molar-refractivity contribution in [1.29, 1.82) is 0 Å². The van der Waals surface area contributed by atoms with E-state index < -0.39 is 6.36 Å². The minimum Gasteiger partial charge on any atom is -0.406 e. The molecule has 2 heterocycles. The molecule has 0 unspecified atom stereocenters. The van der Waals surface area contributed by atoms with Gasteiger partial charge in [-0.05, 0) is 55.0 Å². The van der Waals surface area contributed by atoms with Gasteiger partial charge in [0.05, 0.1) is 6.54 Å². The third-order valence-corrected chi connectivity index (χ3v) is 4.47. The molecule has 0 fully saturated rings. The van der Waals surface area contributed by atoms with Gasteiger partial charge in [0.15, 0.2) is 5.69 Å². The number of aryl methyl sites for hydroxylation is 1. The van der Waals surface area contributed by atoms with Crippen LogP contribution in [0.4, 0.5) is 13.2 Å². The molecule has 0 aliphatic heterocycles. The van der Waals surface area contributed by atoms with Crippen molar-refractivity contribution in [2.75, 3.05) is 0 Å². The number of halogens is 4. The Kier molecular flexibility index (Phi) is 5.21. The molecule has 0 atom stereocenters. The first-order valence-corrected chi connectivity index (χ1v) is 9.14. The van der Waals surface area contributed by atoms with Gasteiger partial charge in [-0.3, -0.25) is 4.68 Å². The zero-order valence-corrected chi connectivity index (χ0v) is 16.3. The lowest BCUT2D eigenvalue weighted by Gasteiger charge is -2.08. The number of nitrogens with zero attached hydrogens (tertiary/aromatic N) is 4. The van der Waals surface area contributed by atoms with Gasteiger partial charge in [-0.2, -0.15) is 10.1 Å². The summed E-state index contributed by atoms with van der Waals surface area (Å²) < 4.78 is 47.7. The third kappa shape index (κ3) is 4.62. The van der Waals surface area contributed by atoms with Crippen molar-refractivity contribution in [3.63, 3.8) is 0 Å². The Hall–Kier alpha value is -3.33. The minimum atomic E-state index is -4.75. The van der Waals surface area contributed by atoms with E-state index in [1.807, 2.05) is 37.3 Å². The van der Waals surface area contributed by atoms with Gasteiger partial charge in [0.25, 0.3) is 5.89 Å². The van der Waals surface area contributed by atoms with Crippen LogP contribution in [0.2, 0.25) is 5.02 Å². The summed E-state index contributed by atoms with van der Waals surface area (Å²) in [7, 11) is 0. The van der Waals surface area contributed by atoms with E-state index in [0.717, 1.165) is 11.3 Å². The molecule has 2 aromatic carbocycles. The van der Waals surface area contributed by atoms with Crippen LogP contribution in [0, 0.1) is 6.92 Å². The molecule has 0 saturated heterocycles. The van der Waals surface area contributed by atoms with Gasteiger partial charge in [0, 0.05) is 16.3 Å². The van der Waals surface area contributed by atoms with Gasteiger partial charge in [-0.15, -0.1) is 13.2 Å². The highest BCUT2D eigenvalue weighted by Crippen LogP contribution is 2.27. The maximum atomic E-state index is 12.3. The third-order valence-electron chi connectivity index (χ3n) is 4.22. The van der Waals surface area contributed by atoms with Crippen LogP contribution in [0.25, 0.3) is 23.0 Å². The zero-order valence-electron chi connectivity index (χ0n) is 15.5. The summed E-state index contributed by atoms with van der Waals surface area (Å²) in [5.74, 6) is 0.110. The van der Waals surface area contributed by atoms with Gasteiger partial charge < -0.3 is 9.26 Å². The smallest absolute Gasteiger partial charge is 0.406 e. The molecule has 2 aromatic heterocycles. The van der Waals surface area contributed by atoms with Crippen molar-refractivity contribution < 1.29 is 22.4 Å². The van der Waals surface area contributed by atoms with Crippen molar-refractivity contribution in [2.24, 2.45) is 0 Å². The summed E-state index contributed by atoms with van der Waals surface area (Å²) in [6, 6.07) is 14.5. The fraction of sp³-hybridized carbons (Fsp3) is 0.150. The van der Waals surface area contributed by atoms with Gasteiger partial charge in [0.2, 0.25) is 5.82 Å². The Morgan fingerprint density at radius 3 is 2.43 bits per heavy atom. The van der Waals surface area contributed by atoms with Gasteiger partial charge in [-0.25, -0.2) is 0 Å². The average Bonchev–Trinajstić information content (AvgIpc) is 3.30. The van der Waals surface area contributed by atoms with E-state index in [9.17, 15) is 13.2 Å². The van der Waals surface area contributed by atoms with E-state index in [0.29, 0.717) is 22.8 Å². The number of aromatic nitrogens is 4. The van der Waals surface area contributed by atoms with Crippen LogP contribution < -0.4 is 4.74 Å². The second kappa shape index (κ2) is 7.83. The lowest BCUT2D eigenvalue weighted by Crippen LogP contribution is -2.16. The first kappa shape index (κ1) is 20.0. The molecular weight excluding hydrogens is 421 g/mol. The summed E-state index contributed by atoms with van der Waals surface area (Å²) in [4.78, 5) is 4.29. The number of hydrogen-bond donors (Lipinski definition) is 0. The fourth-order valence-corrected chi connectivity index (χ4v) is 2.91. The maximum absolute atomic E-state index is 12.3. The molecule has 0 aliphatic rings. The van der Waals surface area contributed by atoms with E-state index in [2.05, 4.69) is 20.0 Å². The summed E-state index contributed by atoms with van der Waals surface area (Å²) in [6.07, 6.45) is -4.75. The lowest BCUT2D eigenvalue weighted by atomic mass is 10.2. The van der Waals surface area contributed by atoms with Crippen LogP contribution in [-0.4, -0.2) is 26.3 Å². The normalized spacial score (nSPS) is 11.6. The van der Waals surface area contributed by atoms with E-state index >= 15 is 0 Å². The Morgan fingerprint density at radius 2 is 1.77 bits per heavy atom. The molecule has 0 amide bonds. The van der Waals surface area contributed by atoms with Gasteiger partial charge >= 0.3 is 6.36 Å². The number of rotatable bonds is 5. The van der Waals surface area contributed by atoms with Crippen molar-refractivity contribution in [1.82, 2.24) is 19.9 Å². The van der Waals surface area contributed by atoms with Crippen molar-refractivity contribution >= 4 is 11.6 Å². The van der Waals surface area contributed by atoms with Crippen LogP contribution in [0.1, 0.15) is 11.3 Å². The van der Waals surface area contributed by atoms with Crippen LogP contribution in [0.3, 0.4) is 0 Å². The number of alkyl halides is 3. The highest BCUT2D eigenvalue weighted by atomic mass is 35.5. The van der Waals surface area contributed by atoms with E-state index in [1.165, 1.54) is 24.3 Å². The highest BCUT2D eigenvalue weighted by Gasteiger charge is 2.31.